The highest BCUT2D eigenvalue weighted by atomic mass is 14.8. The fourth-order valence-electron chi connectivity index (χ4n) is 1.32. The molecule has 0 saturated carbocycles. The van der Waals surface area contributed by atoms with Crippen LogP contribution in [-0.2, 0) is 0 Å². The molecule has 2 aromatic rings. The van der Waals surface area contributed by atoms with Crippen LogP contribution in [0.5, 0.6) is 0 Å². The van der Waals surface area contributed by atoms with Gasteiger partial charge in [-0.15, -0.1) is 5.69 Å². The highest BCUT2D eigenvalue weighted by Gasteiger charge is 1.79. The quantitative estimate of drug-likeness (QED) is 0.674. The third kappa shape index (κ3) is 3.95. The molecule has 17 heavy (non-hydrogen) atoms. The van der Waals surface area contributed by atoms with Crippen molar-refractivity contribution in [2.24, 2.45) is 4.99 Å². The van der Waals surface area contributed by atoms with Crippen LogP contribution in [0.1, 0.15) is 0 Å². The van der Waals surface area contributed by atoms with Crippen molar-refractivity contribution >= 4 is 17.6 Å². The first-order valence-corrected chi connectivity index (χ1v) is 5.45. The summed E-state index contributed by atoms with van der Waals surface area (Å²) in [6, 6.07) is 19.6. The van der Waals surface area contributed by atoms with Crippen LogP contribution in [-0.4, -0.2) is 6.21 Å². The lowest BCUT2D eigenvalue weighted by molar-refractivity contribution is 1.54. The van der Waals surface area contributed by atoms with Crippen LogP contribution in [0.15, 0.2) is 77.9 Å². The molecule has 0 aliphatic rings. The molecule has 0 atom stereocenters. The summed E-state index contributed by atoms with van der Waals surface area (Å²) < 4.78 is 0. The van der Waals surface area contributed by atoms with Gasteiger partial charge in [-0.25, -0.2) is 0 Å². The molecule has 2 nitrogen and oxygen atoms in total. The minimum absolute atomic E-state index is 0.942. The van der Waals surface area contributed by atoms with Crippen molar-refractivity contribution < 1.29 is 0 Å². The van der Waals surface area contributed by atoms with Gasteiger partial charge in [0.1, 0.15) is 0 Å². The minimum Gasteiger partial charge on any atom is -0.664 e. The summed E-state index contributed by atoms with van der Waals surface area (Å²) in [5.41, 5.74) is 1.88. The molecule has 2 rings (SSSR count). The highest BCUT2D eigenvalue weighted by Crippen LogP contribution is 2.16. The van der Waals surface area contributed by atoms with E-state index in [9.17, 15) is 0 Å². The molecule has 0 saturated heterocycles. The predicted octanol–water partition coefficient (Wildman–Crippen LogP) is 4.61. The zero-order valence-electron chi connectivity index (χ0n) is 9.40. The highest BCUT2D eigenvalue weighted by molar-refractivity contribution is 5.75. The van der Waals surface area contributed by atoms with E-state index in [1.807, 2.05) is 66.7 Å². The van der Waals surface area contributed by atoms with Gasteiger partial charge in [0.25, 0.3) is 0 Å². The maximum Gasteiger partial charge on any atom is 0.0629 e. The monoisotopic (exact) mass is 221 g/mol. The van der Waals surface area contributed by atoms with Gasteiger partial charge in [0, 0.05) is 6.21 Å². The summed E-state index contributed by atoms with van der Waals surface area (Å²) in [6.07, 6.45) is 5.30. The molecule has 0 radical (unpaired) electrons. The summed E-state index contributed by atoms with van der Waals surface area (Å²) in [5, 5.41) is 4.27. The van der Waals surface area contributed by atoms with Gasteiger partial charge in [0.15, 0.2) is 0 Å². The molecule has 2 aromatic carbocycles. The molecule has 0 heterocycles. The number of hydrogen-bond donors (Lipinski definition) is 0. The van der Waals surface area contributed by atoms with E-state index in [-0.39, 0.29) is 0 Å². The van der Waals surface area contributed by atoms with Crippen LogP contribution in [0.25, 0.3) is 5.32 Å². The standard InChI is InChI=1S/C15H13N2/c1-3-8-14(9-4-1)16-12-7-13-17-15-10-5-2-6-11-15/h1-13H/q-1/b12-7-,17-13?. The molecule has 0 bridgehead atoms. The number of nitrogens with zero attached hydrogens (tertiary/aromatic N) is 2. The Morgan fingerprint density at radius 2 is 1.47 bits per heavy atom. The lowest BCUT2D eigenvalue weighted by Crippen LogP contribution is -1.67. The maximum atomic E-state index is 4.27. The number of rotatable bonds is 4. The van der Waals surface area contributed by atoms with Crippen molar-refractivity contribution in [3.63, 3.8) is 0 Å². The van der Waals surface area contributed by atoms with Crippen molar-refractivity contribution in [2.75, 3.05) is 0 Å². The van der Waals surface area contributed by atoms with Crippen molar-refractivity contribution in [2.45, 2.75) is 0 Å². The van der Waals surface area contributed by atoms with Gasteiger partial charge in [-0.1, -0.05) is 54.6 Å². The van der Waals surface area contributed by atoms with E-state index in [2.05, 4.69) is 10.3 Å². The average Bonchev–Trinajstić information content (AvgIpc) is 2.41. The summed E-state index contributed by atoms with van der Waals surface area (Å²) in [4.78, 5) is 4.27. The first-order chi connectivity index (χ1) is 8.45. The third-order valence-electron chi connectivity index (χ3n) is 2.13. The fraction of sp³-hybridized carbons (Fsp3) is 0. The maximum absolute atomic E-state index is 4.27. The zero-order valence-corrected chi connectivity index (χ0v) is 9.40. The second-order valence-electron chi connectivity index (χ2n) is 3.42. The molecule has 0 N–H and O–H groups in total. The second-order valence-corrected chi connectivity index (χ2v) is 3.42. The Morgan fingerprint density at radius 3 is 2.18 bits per heavy atom. The van der Waals surface area contributed by atoms with Crippen LogP contribution in [0.2, 0.25) is 0 Å². The van der Waals surface area contributed by atoms with E-state index in [4.69, 9.17) is 0 Å². The van der Waals surface area contributed by atoms with Crippen LogP contribution in [0, 0.1) is 0 Å². The molecule has 0 aliphatic carbocycles. The van der Waals surface area contributed by atoms with Gasteiger partial charge in [-0.3, -0.25) is 4.99 Å². The van der Waals surface area contributed by atoms with Crippen LogP contribution in [0.4, 0.5) is 11.4 Å². The average molecular weight is 221 g/mol. The van der Waals surface area contributed by atoms with Gasteiger partial charge in [-0.2, -0.15) is 6.20 Å². The lowest BCUT2D eigenvalue weighted by Gasteiger charge is -2.14. The minimum atomic E-state index is 0.942. The topological polar surface area (TPSA) is 26.5 Å². The molecule has 0 aromatic heterocycles. The molecular weight excluding hydrogens is 208 g/mol. The van der Waals surface area contributed by atoms with E-state index in [0.717, 1.165) is 11.4 Å². The Labute approximate surface area is 101 Å². The van der Waals surface area contributed by atoms with Crippen molar-refractivity contribution in [3.05, 3.63) is 78.3 Å². The number of para-hydroxylation sites is 2. The second kappa shape index (κ2) is 6.28. The molecule has 0 amide bonds. The molecule has 2 heteroatoms. The van der Waals surface area contributed by atoms with E-state index in [1.165, 1.54) is 0 Å². The van der Waals surface area contributed by atoms with Gasteiger partial charge in [-0.05, 0) is 12.1 Å². The number of hydrogen-bond acceptors (Lipinski definition) is 1. The number of allylic oxidation sites excluding steroid dienone is 1. The van der Waals surface area contributed by atoms with Crippen LogP contribution < -0.4 is 0 Å². The summed E-state index contributed by atoms with van der Waals surface area (Å²) in [5.74, 6) is 0. The van der Waals surface area contributed by atoms with Crippen LogP contribution >= 0.6 is 0 Å². The first kappa shape index (κ1) is 11.1. The number of aliphatic imine (C=N–C) groups is 1. The summed E-state index contributed by atoms with van der Waals surface area (Å²) >= 11 is 0. The smallest absolute Gasteiger partial charge is 0.0629 e. The van der Waals surface area contributed by atoms with Gasteiger partial charge < -0.3 is 5.32 Å². The van der Waals surface area contributed by atoms with E-state index < -0.39 is 0 Å². The Kier molecular flexibility index (Phi) is 4.12. The molecule has 0 unspecified atom stereocenters. The third-order valence-corrected chi connectivity index (χ3v) is 2.13. The Hall–Kier alpha value is -2.35. The Balaban J connectivity index is 1.85. The van der Waals surface area contributed by atoms with E-state index in [0.29, 0.717) is 0 Å². The van der Waals surface area contributed by atoms with Gasteiger partial charge in [0.05, 0.1) is 5.69 Å². The van der Waals surface area contributed by atoms with Crippen LogP contribution in [0.3, 0.4) is 0 Å². The Morgan fingerprint density at radius 1 is 0.824 bits per heavy atom. The van der Waals surface area contributed by atoms with Gasteiger partial charge >= 0.3 is 0 Å². The molecule has 0 aliphatic heterocycles. The van der Waals surface area contributed by atoms with Crippen molar-refractivity contribution in [1.29, 1.82) is 0 Å². The molecule has 0 fully saturated rings. The Bertz CT molecular complexity index is 487. The summed E-state index contributed by atoms with van der Waals surface area (Å²) in [6.45, 7) is 0. The molecule has 84 valence electrons. The zero-order chi connectivity index (χ0) is 11.8. The normalized spacial score (nSPS) is 11.1. The first-order valence-electron chi connectivity index (χ1n) is 5.45. The van der Waals surface area contributed by atoms with E-state index in [1.54, 1.807) is 12.4 Å². The fourth-order valence-corrected chi connectivity index (χ4v) is 1.32. The van der Waals surface area contributed by atoms with Gasteiger partial charge in [0.2, 0.25) is 0 Å². The largest absolute Gasteiger partial charge is 0.664 e. The molecule has 0 spiro atoms. The molecular formula is C15H13N2-. The van der Waals surface area contributed by atoms with Crippen molar-refractivity contribution in [3.8, 4) is 0 Å². The summed E-state index contributed by atoms with van der Waals surface area (Å²) in [7, 11) is 0. The number of benzene rings is 2. The van der Waals surface area contributed by atoms with E-state index >= 15 is 0 Å². The lowest BCUT2D eigenvalue weighted by atomic mass is 10.3. The predicted molar refractivity (Wildman–Crippen MR) is 73.2 cm³/mol. The van der Waals surface area contributed by atoms with Crippen molar-refractivity contribution in [1.82, 2.24) is 0 Å². The SMILES string of the molecule is C(/C=C\[N-]c1ccccc1)=Nc1ccccc1.